The minimum Gasteiger partial charge on any atom is -0.465 e. The summed E-state index contributed by atoms with van der Waals surface area (Å²) in [5.74, 6) is 0.768. The zero-order chi connectivity index (χ0) is 27.2. The number of carbonyl (C=O) groups excluding carboxylic acids is 2. The number of rotatable bonds is 10. The maximum atomic E-state index is 12.9. The number of esters is 1. The van der Waals surface area contributed by atoms with Crippen LogP contribution in [-0.4, -0.2) is 39.5 Å². The van der Waals surface area contributed by atoms with E-state index < -0.39 is 0 Å². The minimum atomic E-state index is -0.387. The molecule has 0 bridgehead atoms. The number of fused-ring (bicyclic) bond motifs is 1. The molecule has 202 valence electrons. The van der Waals surface area contributed by atoms with E-state index in [1.807, 2.05) is 53.1 Å². The van der Waals surface area contributed by atoms with Crippen molar-refractivity contribution in [2.24, 2.45) is 0 Å². The third kappa shape index (κ3) is 6.17. The molecule has 8 nitrogen and oxygen atoms in total. The van der Waals surface area contributed by atoms with Crippen molar-refractivity contribution in [2.45, 2.75) is 50.7 Å². The fourth-order valence-corrected chi connectivity index (χ4v) is 6.89. The van der Waals surface area contributed by atoms with E-state index in [1.54, 1.807) is 0 Å². The van der Waals surface area contributed by atoms with E-state index in [0.717, 1.165) is 59.2 Å². The summed E-state index contributed by atoms with van der Waals surface area (Å²) in [6.07, 6.45) is 4.20. The lowest BCUT2D eigenvalue weighted by atomic mass is 9.95. The molecular formula is C29H31N5O3S2. The lowest BCUT2D eigenvalue weighted by molar-refractivity contribution is -0.115. The number of aromatic nitrogens is 3. The number of nitrogens with one attached hydrogen (secondary N) is 2. The first kappa shape index (κ1) is 27.0. The monoisotopic (exact) mass is 561 g/mol. The van der Waals surface area contributed by atoms with Gasteiger partial charge in [0.2, 0.25) is 5.91 Å². The number of benzene rings is 2. The van der Waals surface area contributed by atoms with Crippen LogP contribution in [0.3, 0.4) is 0 Å². The molecule has 0 saturated heterocycles. The quantitative estimate of drug-likeness (QED) is 0.180. The summed E-state index contributed by atoms with van der Waals surface area (Å²) in [5.41, 5.74) is 4.72. The third-order valence-corrected chi connectivity index (χ3v) is 8.81. The second-order valence-electron chi connectivity index (χ2n) is 9.29. The molecule has 2 N–H and O–H groups in total. The summed E-state index contributed by atoms with van der Waals surface area (Å²) in [4.78, 5) is 26.6. The standard InChI is InChI=1S/C29H31N5O3S2/c1-19-10-6-8-14-22(19)30-18-24-32-33-29(34(24)20-11-4-3-5-12-20)38-17-16-25(35)31-27-26(28(36)37-2)21-13-7-9-15-23(21)39-27/h3-6,8,10-12,14,30H,7,9,13,15-18H2,1-2H3,(H,31,35). The molecule has 39 heavy (non-hydrogen) atoms. The van der Waals surface area contributed by atoms with Crippen LogP contribution in [0.25, 0.3) is 5.69 Å². The molecule has 5 rings (SSSR count). The summed E-state index contributed by atoms with van der Waals surface area (Å²) >= 11 is 2.98. The third-order valence-electron chi connectivity index (χ3n) is 6.67. The van der Waals surface area contributed by atoms with Gasteiger partial charge < -0.3 is 15.4 Å². The Morgan fingerprint density at radius 2 is 1.82 bits per heavy atom. The molecule has 2 aromatic heterocycles. The number of thioether (sulfide) groups is 1. The van der Waals surface area contributed by atoms with Gasteiger partial charge in [-0.05, 0) is 61.9 Å². The van der Waals surface area contributed by atoms with Crippen LogP contribution in [0.5, 0.6) is 0 Å². The molecular weight excluding hydrogens is 530 g/mol. The molecule has 4 aromatic rings. The van der Waals surface area contributed by atoms with Crippen LogP contribution in [0.4, 0.5) is 10.7 Å². The Morgan fingerprint density at radius 1 is 1.05 bits per heavy atom. The average molecular weight is 562 g/mol. The fourth-order valence-electron chi connectivity index (χ4n) is 4.69. The Labute approximate surface area is 236 Å². The maximum absolute atomic E-state index is 12.9. The van der Waals surface area contributed by atoms with Crippen LogP contribution in [0, 0.1) is 6.92 Å². The van der Waals surface area contributed by atoms with Crippen molar-refractivity contribution < 1.29 is 14.3 Å². The van der Waals surface area contributed by atoms with Gasteiger partial charge in [0, 0.05) is 28.4 Å². The molecule has 10 heteroatoms. The highest BCUT2D eigenvalue weighted by Crippen LogP contribution is 2.38. The SMILES string of the molecule is COC(=O)c1c(NC(=O)CCSc2nnc(CNc3ccccc3C)n2-c2ccccc2)sc2c1CCCC2. The van der Waals surface area contributed by atoms with Crippen molar-refractivity contribution in [2.75, 3.05) is 23.5 Å². The highest BCUT2D eigenvalue weighted by atomic mass is 32.2. The van der Waals surface area contributed by atoms with E-state index >= 15 is 0 Å². The van der Waals surface area contributed by atoms with E-state index in [9.17, 15) is 9.59 Å². The largest absolute Gasteiger partial charge is 0.465 e. The Hall–Kier alpha value is -3.63. The van der Waals surface area contributed by atoms with Gasteiger partial charge in [-0.3, -0.25) is 9.36 Å². The number of methoxy groups -OCH3 is 1. The normalized spacial score (nSPS) is 12.6. The van der Waals surface area contributed by atoms with Gasteiger partial charge in [-0.1, -0.05) is 48.2 Å². The Balaban J connectivity index is 1.27. The van der Waals surface area contributed by atoms with Crippen LogP contribution in [-0.2, 0) is 28.9 Å². The summed E-state index contributed by atoms with van der Waals surface area (Å²) < 4.78 is 7.05. The molecule has 2 aromatic carbocycles. The van der Waals surface area contributed by atoms with Crippen LogP contribution < -0.4 is 10.6 Å². The van der Waals surface area contributed by atoms with E-state index in [0.29, 0.717) is 22.9 Å². The highest BCUT2D eigenvalue weighted by Gasteiger charge is 2.27. The molecule has 1 aliphatic carbocycles. The number of nitrogens with zero attached hydrogens (tertiary/aromatic N) is 3. The van der Waals surface area contributed by atoms with Crippen molar-refractivity contribution in [1.82, 2.24) is 14.8 Å². The molecule has 0 fully saturated rings. The van der Waals surface area contributed by atoms with Gasteiger partial charge in [-0.2, -0.15) is 0 Å². The molecule has 1 aliphatic rings. The lowest BCUT2D eigenvalue weighted by Gasteiger charge is -2.12. The van der Waals surface area contributed by atoms with E-state index in [4.69, 9.17) is 4.74 Å². The van der Waals surface area contributed by atoms with Crippen molar-refractivity contribution in [3.63, 3.8) is 0 Å². The van der Waals surface area contributed by atoms with E-state index in [2.05, 4.69) is 33.8 Å². The van der Waals surface area contributed by atoms with Crippen molar-refractivity contribution >= 4 is 45.7 Å². The van der Waals surface area contributed by atoms with Gasteiger partial charge in [0.05, 0.1) is 19.2 Å². The fraction of sp³-hybridized carbons (Fsp3) is 0.310. The first-order valence-corrected chi connectivity index (χ1v) is 14.8. The summed E-state index contributed by atoms with van der Waals surface area (Å²) in [7, 11) is 1.38. The molecule has 0 aliphatic heterocycles. The van der Waals surface area contributed by atoms with Crippen molar-refractivity contribution in [1.29, 1.82) is 0 Å². The van der Waals surface area contributed by atoms with Gasteiger partial charge in [-0.25, -0.2) is 4.79 Å². The number of hydrogen-bond donors (Lipinski definition) is 2. The minimum absolute atomic E-state index is 0.140. The van der Waals surface area contributed by atoms with E-state index in [1.165, 1.54) is 35.1 Å². The van der Waals surface area contributed by atoms with Crippen LogP contribution >= 0.6 is 23.1 Å². The number of hydrogen-bond acceptors (Lipinski definition) is 8. The zero-order valence-corrected chi connectivity index (χ0v) is 23.7. The van der Waals surface area contributed by atoms with Crippen LogP contribution in [0.2, 0.25) is 0 Å². The molecule has 0 saturated carbocycles. The summed E-state index contributed by atoms with van der Waals surface area (Å²) in [6, 6.07) is 18.1. The number of carbonyl (C=O) groups is 2. The summed E-state index contributed by atoms with van der Waals surface area (Å²) in [5, 5.41) is 16.7. The van der Waals surface area contributed by atoms with Gasteiger partial charge >= 0.3 is 5.97 Å². The molecule has 0 radical (unpaired) electrons. The molecule has 0 spiro atoms. The lowest BCUT2D eigenvalue weighted by Crippen LogP contribution is -2.15. The molecule has 1 amide bonds. The van der Waals surface area contributed by atoms with Crippen molar-refractivity contribution in [3.8, 4) is 5.69 Å². The van der Waals surface area contributed by atoms with Crippen LogP contribution in [0.1, 0.15) is 51.4 Å². The first-order valence-electron chi connectivity index (χ1n) is 13.0. The van der Waals surface area contributed by atoms with Crippen molar-refractivity contribution in [3.05, 3.63) is 82.0 Å². The maximum Gasteiger partial charge on any atom is 0.341 e. The summed E-state index contributed by atoms with van der Waals surface area (Å²) in [6.45, 7) is 2.57. The Morgan fingerprint density at radius 3 is 2.62 bits per heavy atom. The molecule has 0 atom stereocenters. The van der Waals surface area contributed by atoms with E-state index in [-0.39, 0.29) is 18.3 Å². The second-order valence-corrected chi connectivity index (χ2v) is 11.5. The predicted molar refractivity (Wildman–Crippen MR) is 156 cm³/mol. The van der Waals surface area contributed by atoms with Gasteiger partial charge in [-0.15, -0.1) is 21.5 Å². The van der Waals surface area contributed by atoms with Gasteiger partial charge in [0.15, 0.2) is 11.0 Å². The zero-order valence-electron chi connectivity index (χ0n) is 22.0. The predicted octanol–water partition coefficient (Wildman–Crippen LogP) is 6.04. The number of aryl methyl sites for hydroxylation is 2. The Bertz CT molecular complexity index is 1470. The number of amides is 1. The number of anilines is 2. The Kier molecular flexibility index (Phi) is 8.63. The molecule has 2 heterocycles. The number of thiophene rings is 1. The van der Waals surface area contributed by atoms with Gasteiger partial charge in [0.25, 0.3) is 0 Å². The van der Waals surface area contributed by atoms with Gasteiger partial charge in [0.1, 0.15) is 5.00 Å². The average Bonchev–Trinajstić information content (AvgIpc) is 3.53. The smallest absolute Gasteiger partial charge is 0.341 e. The highest BCUT2D eigenvalue weighted by molar-refractivity contribution is 7.99. The molecule has 0 unspecified atom stereocenters. The topological polar surface area (TPSA) is 98.1 Å². The number of ether oxygens (including phenoxy) is 1. The number of para-hydroxylation sites is 2. The van der Waals surface area contributed by atoms with Crippen LogP contribution in [0.15, 0.2) is 59.8 Å². The second kappa shape index (κ2) is 12.5. The first-order chi connectivity index (χ1) is 19.0.